The van der Waals surface area contributed by atoms with Crippen LogP contribution in [-0.4, -0.2) is 17.4 Å². The first-order chi connectivity index (χ1) is 12.6. The number of nitrogens with zero attached hydrogens (tertiary/aromatic N) is 1. The Morgan fingerprint density at radius 1 is 1.04 bits per heavy atom. The number of rotatable bonds is 6. The van der Waals surface area contributed by atoms with E-state index < -0.39 is 0 Å². The highest BCUT2D eigenvalue weighted by molar-refractivity contribution is 6.30. The van der Waals surface area contributed by atoms with E-state index in [1.165, 1.54) is 6.07 Å². The molecule has 3 rings (SSSR count). The van der Waals surface area contributed by atoms with Gasteiger partial charge in [-0.1, -0.05) is 29.8 Å². The van der Waals surface area contributed by atoms with Gasteiger partial charge in [-0.05, 0) is 54.4 Å². The Balaban J connectivity index is 1.59. The van der Waals surface area contributed by atoms with Crippen molar-refractivity contribution in [3.8, 4) is 0 Å². The molecule has 0 unspecified atom stereocenters. The van der Waals surface area contributed by atoms with Gasteiger partial charge in [-0.3, -0.25) is 9.78 Å². The first kappa shape index (κ1) is 17.9. The lowest BCUT2D eigenvalue weighted by Crippen LogP contribution is -2.14. The van der Waals surface area contributed by atoms with Gasteiger partial charge in [0.25, 0.3) is 5.91 Å². The molecule has 4 nitrogen and oxygen atoms in total. The Morgan fingerprint density at radius 3 is 2.58 bits per heavy atom. The number of pyridine rings is 1. The van der Waals surface area contributed by atoms with Crippen LogP contribution in [0.3, 0.4) is 0 Å². The lowest BCUT2D eigenvalue weighted by Gasteiger charge is -2.09. The van der Waals surface area contributed by atoms with E-state index in [1.807, 2.05) is 6.07 Å². The molecule has 1 aromatic heterocycles. The average molecular weight is 370 g/mol. The van der Waals surface area contributed by atoms with Crippen LogP contribution in [0.25, 0.3) is 0 Å². The normalized spacial score (nSPS) is 10.4. The maximum absolute atomic E-state index is 13.6. The van der Waals surface area contributed by atoms with E-state index in [4.69, 9.17) is 11.6 Å². The van der Waals surface area contributed by atoms with Gasteiger partial charge < -0.3 is 10.6 Å². The number of nitrogens with one attached hydrogen (secondary N) is 2. The number of halogens is 2. The van der Waals surface area contributed by atoms with Crippen LogP contribution in [0.2, 0.25) is 5.02 Å². The summed E-state index contributed by atoms with van der Waals surface area (Å²) in [7, 11) is 0. The molecule has 0 spiro atoms. The van der Waals surface area contributed by atoms with Crippen molar-refractivity contribution in [3.63, 3.8) is 0 Å². The molecule has 2 N–H and O–H groups in total. The molecule has 0 atom stereocenters. The van der Waals surface area contributed by atoms with Gasteiger partial charge in [0.05, 0.1) is 0 Å². The molecule has 0 saturated carbocycles. The summed E-state index contributed by atoms with van der Waals surface area (Å²) >= 11 is 5.83. The second-order valence-electron chi connectivity index (χ2n) is 5.66. The van der Waals surface area contributed by atoms with Crippen molar-refractivity contribution >= 4 is 28.9 Å². The van der Waals surface area contributed by atoms with E-state index in [-0.39, 0.29) is 17.4 Å². The summed E-state index contributed by atoms with van der Waals surface area (Å²) in [6.45, 7) is 0.545. The van der Waals surface area contributed by atoms with E-state index in [0.29, 0.717) is 29.2 Å². The van der Waals surface area contributed by atoms with Crippen molar-refractivity contribution < 1.29 is 9.18 Å². The summed E-state index contributed by atoms with van der Waals surface area (Å²) in [6, 6.07) is 16.9. The summed E-state index contributed by atoms with van der Waals surface area (Å²) in [5.74, 6) is -0.530. The summed E-state index contributed by atoms with van der Waals surface area (Å²) in [4.78, 5) is 16.4. The average Bonchev–Trinajstić information content (AvgIpc) is 2.65. The molecule has 0 saturated heterocycles. The molecular formula is C20H17ClFN3O. The predicted molar refractivity (Wildman–Crippen MR) is 102 cm³/mol. The Kier molecular flexibility index (Phi) is 5.81. The highest BCUT2D eigenvalue weighted by Crippen LogP contribution is 2.15. The highest BCUT2D eigenvalue weighted by Gasteiger charge is 2.09. The smallest absolute Gasteiger partial charge is 0.274 e. The second kappa shape index (κ2) is 8.45. The van der Waals surface area contributed by atoms with E-state index in [9.17, 15) is 9.18 Å². The van der Waals surface area contributed by atoms with Crippen LogP contribution in [0.5, 0.6) is 0 Å². The molecule has 6 heteroatoms. The summed E-state index contributed by atoms with van der Waals surface area (Å²) < 4.78 is 13.6. The topological polar surface area (TPSA) is 54.0 Å². The zero-order valence-electron chi connectivity index (χ0n) is 13.9. The number of carbonyl (C=O) groups excluding carboxylic acids is 1. The minimum Gasteiger partial charge on any atom is -0.385 e. The summed E-state index contributed by atoms with van der Waals surface area (Å²) in [6.07, 6.45) is 2.10. The van der Waals surface area contributed by atoms with Gasteiger partial charge in [0.2, 0.25) is 0 Å². The first-order valence-corrected chi connectivity index (χ1v) is 8.50. The molecule has 132 valence electrons. The highest BCUT2D eigenvalue weighted by atomic mass is 35.5. The lowest BCUT2D eigenvalue weighted by atomic mass is 10.1. The van der Waals surface area contributed by atoms with Crippen molar-refractivity contribution in [2.75, 3.05) is 17.2 Å². The first-order valence-electron chi connectivity index (χ1n) is 8.12. The molecule has 0 aliphatic carbocycles. The second-order valence-corrected chi connectivity index (χ2v) is 6.10. The molecule has 0 aliphatic heterocycles. The minimum absolute atomic E-state index is 0.216. The van der Waals surface area contributed by atoms with E-state index in [1.54, 1.807) is 54.7 Å². The fraction of sp³-hybridized carbons (Fsp3) is 0.100. The quantitative estimate of drug-likeness (QED) is 0.657. The Morgan fingerprint density at radius 2 is 1.81 bits per heavy atom. The van der Waals surface area contributed by atoms with Crippen molar-refractivity contribution in [2.24, 2.45) is 0 Å². The van der Waals surface area contributed by atoms with Gasteiger partial charge in [0.15, 0.2) is 0 Å². The third kappa shape index (κ3) is 4.80. The Bertz CT molecular complexity index is 900. The molecule has 3 aromatic rings. The van der Waals surface area contributed by atoms with Gasteiger partial charge in [-0.15, -0.1) is 0 Å². The van der Waals surface area contributed by atoms with Crippen molar-refractivity contribution in [3.05, 3.63) is 89.0 Å². The zero-order chi connectivity index (χ0) is 18.4. The predicted octanol–water partition coefficient (Wildman–Crippen LogP) is 4.78. The molecule has 1 heterocycles. The minimum atomic E-state index is -0.315. The molecule has 1 amide bonds. The monoisotopic (exact) mass is 369 g/mol. The number of benzene rings is 2. The van der Waals surface area contributed by atoms with Crippen LogP contribution in [-0.2, 0) is 6.42 Å². The van der Waals surface area contributed by atoms with Gasteiger partial charge in [-0.2, -0.15) is 0 Å². The molecule has 0 bridgehead atoms. The number of aromatic nitrogens is 1. The van der Waals surface area contributed by atoms with Crippen LogP contribution in [0.1, 0.15) is 16.1 Å². The van der Waals surface area contributed by atoms with Gasteiger partial charge in [0.1, 0.15) is 11.5 Å². The van der Waals surface area contributed by atoms with Crippen LogP contribution in [0, 0.1) is 5.82 Å². The standard InChI is InChI=1S/C20H17ClFN3O/c21-15-5-7-16(8-6-15)25-20(26)19-13-17(10-12-24-19)23-11-9-14-3-1-2-4-18(14)22/h1-8,10,12-13H,9,11H2,(H,23,24)(H,25,26). The number of anilines is 2. The lowest BCUT2D eigenvalue weighted by molar-refractivity contribution is 0.102. The number of hydrogen-bond donors (Lipinski definition) is 2. The van der Waals surface area contributed by atoms with E-state index in [2.05, 4.69) is 15.6 Å². The van der Waals surface area contributed by atoms with Crippen molar-refractivity contribution in [1.82, 2.24) is 4.98 Å². The molecule has 2 aromatic carbocycles. The van der Waals surface area contributed by atoms with Gasteiger partial charge >= 0.3 is 0 Å². The van der Waals surface area contributed by atoms with Gasteiger partial charge in [0, 0.05) is 29.1 Å². The Labute approximate surface area is 156 Å². The summed E-state index contributed by atoms with van der Waals surface area (Å²) in [5.41, 5.74) is 2.32. The molecule has 0 fully saturated rings. The summed E-state index contributed by atoms with van der Waals surface area (Å²) in [5, 5.41) is 6.55. The maximum atomic E-state index is 13.6. The van der Waals surface area contributed by atoms with Crippen LogP contribution in [0.4, 0.5) is 15.8 Å². The maximum Gasteiger partial charge on any atom is 0.274 e. The number of amides is 1. The van der Waals surface area contributed by atoms with Crippen LogP contribution >= 0.6 is 11.6 Å². The molecular weight excluding hydrogens is 353 g/mol. The molecule has 0 radical (unpaired) electrons. The fourth-order valence-electron chi connectivity index (χ4n) is 2.44. The molecule has 0 aliphatic rings. The third-order valence-corrected chi connectivity index (χ3v) is 4.03. The fourth-order valence-corrected chi connectivity index (χ4v) is 2.56. The number of hydrogen-bond acceptors (Lipinski definition) is 3. The van der Waals surface area contributed by atoms with E-state index >= 15 is 0 Å². The Hall–Kier alpha value is -2.92. The van der Waals surface area contributed by atoms with Crippen molar-refractivity contribution in [2.45, 2.75) is 6.42 Å². The van der Waals surface area contributed by atoms with Crippen LogP contribution < -0.4 is 10.6 Å². The van der Waals surface area contributed by atoms with Crippen molar-refractivity contribution in [1.29, 1.82) is 0 Å². The van der Waals surface area contributed by atoms with E-state index in [0.717, 1.165) is 5.69 Å². The van der Waals surface area contributed by atoms with Crippen LogP contribution in [0.15, 0.2) is 66.9 Å². The SMILES string of the molecule is O=C(Nc1ccc(Cl)cc1)c1cc(NCCc2ccccc2F)ccn1. The number of carbonyl (C=O) groups is 1. The zero-order valence-corrected chi connectivity index (χ0v) is 14.6. The third-order valence-electron chi connectivity index (χ3n) is 3.78. The largest absolute Gasteiger partial charge is 0.385 e. The molecule has 26 heavy (non-hydrogen) atoms. The van der Waals surface area contributed by atoms with Gasteiger partial charge in [-0.25, -0.2) is 4.39 Å².